The van der Waals surface area contributed by atoms with E-state index >= 15 is 0 Å². The topological polar surface area (TPSA) is 65.8 Å². The lowest BCUT2D eigenvalue weighted by molar-refractivity contribution is -0.104. The third-order valence-electron chi connectivity index (χ3n) is 1.79. The van der Waals surface area contributed by atoms with Crippen LogP contribution in [0.15, 0.2) is 35.1 Å². The van der Waals surface area contributed by atoms with Crippen LogP contribution in [0.5, 0.6) is 0 Å². The van der Waals surface area contributed by atoms with E-state index in [1.807, 2.05) is 19.1 Å². The fourth-order valence-electron chi connectivity index (χ4n) is 1.02. The molecule has 1 aromatic carbocycles. The Bertz CT molecular complexity index is 444. The van der Waals surface area contributed by atoms with Gasteiger partial charge in [0.15, 0.2) is 6.29 Å². The van der Waals surface area contributed by atoms with Crippen molar-refractivity contribution >= 4 is 22.9 Å². The number of halogens is 1. The van der Waals surface area contributed by atoms with Crippen molar-refractivity contribution in [1.82, 2.24) is 0 Å². The maximum atomic E-state index is 10.6. The molecule has 0 heterocycles. The SMILES string of the molecule is Cc1ccc(/C(Cl)=C(\C=O)N=[N+]=[N-])cc1. The molecule has 0 saturated carbocycles. The van der Waals surface area contributed by atoms with Gasteiger partial charge >= 0.3 is 0 Å². The van der Waals surface area contributed by atoms with E-state index in [0.717, 1.165) is 5.56 Å². The summed E-state index contributed by atoms with van der Waals surface area (Å²) in [6, 6.07) is 7.23. The maximum Gasteiger partial charge on any atom is 0.153 e. The van der Waals surface area contributed by atoms with Gasteiger partial charge in [-0.1, -0.05) is 46.5 Å². The molecule has 0 saturated heterocycles. The molecule has 0 atom stereocenters. The third kappa shape index (κ3) is 2.84. The first-order valence-electron chi connectivity index (χ1n) is 4.16. The summed E-state index contributed by atoms with van der Waals surface area (Å²) >= 11 is 5.89. The summed E-state index contributed by atoms with van der Waals surface area (Å²) in [4.78, 5) is 13.1. The Hall–Kier alpha value is -1.77. The molecule has 0 amide bonds. The van der Waals surface area contributed by atoms with Crippen LogP contribution in [0.4, 0.5) is 0 Å². The molecule has 76 valence electrons. The summed E-state index contributed by atoms with van der Waals surface area (Å²) in [5.41, 5.74) is 9.84. The Kier molecular flexibility index (Phi) is 3.92. The summed E-state index contributed by atoms with van der Waals surface area (Å²) in [7, 11) is 0. The molecule has 0 aliphatic heterocycles. The molecule has 0 aliphatic carbocycles. The van der Waals surface area contributed by atoms with Crippen LogP contribution in [0, 0.1) is 6.92 Å². The molecule has 1 aromatic rings. The highest BCUT2D eigenvalue weighted by Crippen LogP contribution is 2.23. The zero-order valence-electron chi connectivity index (χ0n) is 8.01. The molecule has 0 aromatic heterocycles. The number of nitrogens with zero attached hydrogens (tertiary/aromatic N) is 3. The average Bonchev–Trinajstić information content (AvgIpc) is 2.26. The Balaban J connectivity index is 3.21. The van der Waals surface area contributed by atoms with Crippen LogP contribution in [-0.4, -0.2) is 6.29 Å². The number of carbonyl (C=O) groups is 1. The van der Waals surface area contributed by atoms with Gasteiger partial charge in [-0.25, -0.2) is 0 Å². The van der Waals surface area contributed by atoms with E-state index in [9.17, 15) is 4.79 Å². The van der Waals surface area contributed by atoms with E-state index < -0.39 is 0 Å². The van der Waals surface area contributed by atoms with E-state index in [-0.39, 0.29) is 10.7 Å². The largest absolute Gasteiger partial charge is 0.298 e. The number of aldehydes is 1. The van der Waals surface area contributed by atoms with E-state index in [4.69, 9.17) is 17.1 Å². The smallest absolute Gasteiger partial charge is 0.153 e. The van der Waals surface area contributed by atoms with Crippen LogP contribution in [0.25, 0.3) is 15.5 Å². The first-order chi connectivity index (χ1) is 7.19. The molecule has 0 N–H and O–H groups in total. The summed E-state index contributed by atoms with van der Waals surface area (Å²) < 4.78 is 0. The molecule has 0 radical (unpaired) electrons. The summed E-state index contributed by atoms with van der Waals surface area (Å²) in [5.74, 6) is 0. The summed E-state index contributed by atoms with van der Waals surface area (Å²) in [6.45, 7) is 1.94. The first-order valence-corrected chi connectivity index (χ1v) is 4.54. The maximum absolute atomic E-state index is 10.6. The predicted molar refractivity (Wildman–Crippen MR) is 59.2 cm³/mol. The van der Waals surface area contributed by atoms with E-state index in [1.54, 1.807) is 12.1 Å². The van der Waals surface area contributed by atoms with Crippen LogP contribution in [0.3, 0.4) is 0 Å². The minimum atomic E-state index is -0.108. The van der Waals surface area contributed by atoms with Crippen molar-refractivity contribution in [1.29, 1.82) is 0 Å². The fraction of sp³-hybridized carbons (Fsp3) is 0.100. The molecule has 0 bridgehead atoms. The number of allylic oxidation sites excluding steroid dienone is 1. The first kappa shape index (κ1) is 11.3. The van der Waals surface area contributed by atoms with Gasteiger partial charge in [0.05, 0.1) is 10.7 Å². The Labute approximate surface area is 91.8 Å². The predicted octanol–water partition coefficient (Wildman–Crippen LogP) is 3.41. The molecule has 0 aliphatic rings. The lowest BCUT2D eigenvalue weighted by atomic mass is 10.1. The van der Waals surface area contributed by atoms with Gasteiger partial charge in [-0.2, -0.15) is 0 Å². The van der Waals surface area contributed by atoms with Crippen molar-refractivity contribution in [3.8, 4) is 0 Å². The molecule has 0 fully saturated rings. The molecule has 4 nitrogen and oxygen atoms in total. The van der Waals surface area contributed by atoms with Crippen molar-refractivity contribution in [2.75, 3.05) is 0 Å². The Morgan fingerprint density at radius 2 is 2.07 bits per heavy atom. The monoisotopic (exact) mass is 221 g/mol. The molecule has 1 rings (SSSR count). The van der Waals surface area contributed by atoms with Gasteiger partial charge in [0, 0.05) is 4.91 Å². The highest BCUT2D eigenvalue weighted by molar-refractivity contribution is 6.50. The van der Waals surface area contributed by atoms with Gasteiger partial charge < -0.3 is 0 Å². The second-order valence-corrected chi connectivity index (χ2v) is 3.25. The van der Waals surface area contributed by atoms with Gasteiger partial charge in [0.2, 0.25) is 0 Å². The molecule has 0 spiro atoms. The number of hydrogen-bond donors (Lipinski definition) is 0. The van der Waals surface area contributed by atoms with Crippen LogP contribution >= 0.6 is 11.6 Å². The van der Waals surface area contributed by atoms with Crippen molar-refractivity contribution in [3.63, 3.8) is 0 Å². The summed E-state index contributed by atoms with van der Waals surface area (Å²) in [5, 5.41) is 3.36. The van der Waals surface area contributed by atoms with Crippen LogP contribution in [0.2, 0.25) is 0 Å². The van der Waals surface area contributed by atoms with Crippen molar-refractivity contribution in [2.24, 2.45) is 5.11 Å². The third-order valence-corrected chi connectivity index (χ3v) is 2.21. The minimum absolute atomic E-state index is 0.108. The van der Waals surface area contributed by atoms with E-state index in [1.165, 1.54) is 0 Å². The van der Waals surface area contributed by atoms with Crippen LogP contribution in [0.1, 0.15) is 11.1 Å². The van der Waals surface area contributed by atoms with Crippen LogP contribution < -0.4 is 0 Å². The fourth-order valence-corrected chi connectivity index (χ4v) is 1.22. The number of carbonyl (C=O) groups excluding carboxylic acids is 1. The number of aryl methyl sites for hydroxylation is 1. The second-order valence-electron chi connectivity index (χ2n) is 2.87. The zero-order valence-corrected chi connectivity index (χ0v) is 8.77. The summed E-state index contributed by atoms with van der Waals surface area (Å²) in [6.07, 6.45) is 0.432. The lowest BCUT2D eigenvalue weighted by Gasteiger charge is -2.00. The average molecular weight is 222 g/mol. The molecular weight excluding hydrogens is 214 g/mol. The minimum Gasteiger partial charge on any atom is -0.298 e. The Morgan fingerprint density at radius 1 is 1.47 bits per heavy atom. The lowest BCUT2D eigenvalue weighted by Crippen LogP contribution is -1.85. The van der Waals surface area contributed by atoms with Crippen molar-refractivity contribution < 1.29 is 4.79 Å². The molecule has 0 unspecified atom stereocenters. The van der Waals surface area contributed by atoms with Gasteiger partial charge in [0.25, 0.3) is 0 Å². The van der Waals surface area contributed by atoms with Gasteiger partial charge in [0.1, 0.15) is 0 Å². The van der Waals surface area contributed by atoms with Crippen molar-refractivity contribution in [2.45, 2.75) is 6.92 Å². The van der Waals surface area contributed by atoms with Crippen molar-refractivity contribution in [3.05, 3.63) is 51.5 Å². The zero-order chi connectivity index (χ0) is 11.3. The number of rotatable bonds is 3. The van der Waals surface area contributed by atoms with E-state index in [0.29, 0.717) is 11.8 Å². The molecule has 15 heavy (non-hydrogen) atoms. The quantitative estimate of drug-likeness (QED) is 0.254. The van der Waals surface area contributed by atoms with E-state index in [2.05, 4.69) is 10.0 Å². The van der Waals surface area contributed by atoms with Gasteiger partial charge in [-0.15, -0.1) is 0 Å². The van der Waals surface area contributed by atoms with Gasteiger partial charge in [-0.3, -0.25) is 4.79 Å². The molecular formula is C10H8ClN3O. The number of azide groups is 1. The normalized spacial score (nSPS) is 11.3. The number of hydrogen-bond acceptors (Lipinski definition) is 2. The highest BCUT2D eigenvalue weighted by Gasteiger charge is 2.04. The molecule has 5 heteroatoms. The van der Waals surface area contributed by atoms with Crippen LogP contribution in [-0.2, 0) is 4.79 Å². The standard InChI is InChI=1S/C10H8ClN3O/c1-7-2-4-8(5-3-7)10(11)9(6-15)13-14-12/h2-6H,1H3/b10-9-. The highest BCUT2D eigenvalue weighted by atomic mass is 35.5. The second kappa shape index (κ2) is 5.20. The van der Waals surface area contributed by atoms with Gasteiger partial charge in [-0.05, 0) is 18.0 Å². The number of benzene rings is 1. The Morgan fingerprint density at radius 3 is 2.53 bits per heavy atom.